The van der Waals surface area contributed by atoms with Crippen LogP contribution in [0.25, 0.3) is 0 Å². The molecule has 33 heavy (non-hydrogen) atoms. The van der Waals surface area contributed by atoms with E-state index in [4.69, 9.17) is 21.1 Å². The molecule has 8 heteroatoms. The highest BCUT2D eigenvalue weighted by atomic mass is 35.5. The molecule has 0 aromatic heterocycles. The smallest absolute Gasteiger partial charge is 0.119 e. The molecule has 2 aliphatic rings. The zero-order valence-corrected chi connectivity index (χ0v) is 19.4. The summed E-state index contributed by atoms with van der Waals surface area (Å²) in [6.07, 6.45) is -3.10. The highest BCUT2D eigenvalue weighted by Crippen LogP contribution is 2.34. The van der Waals surface area contributed by atoms with Crippen LogP contribution in [0.2, 0.25) is 5.02 Å². The van der Waals surface area contributed by atoms with Gasteiger partial charge in [-0.1, -0.05) is 35.9 Å². The van der Waals surface area contributed by atoms with Gasteiger partial charge in [0, 0.05) is 18.1 Å². The first-order valence-electron chi connectivity index (χ1n) is 11.4. The van der Waals surface area contributed by atoms with E-state index in [-0.39, 0.29) is 6.10 Å². The Morgan fingerprint density at radius 3 is 2.36 bits per heavy atom. The van der Waals surface area contributed by atoms with Gasteiger partial charge in [0.15, 0.2) is 0 Å². The second-order valence-electron chi connectivity index (χ2n) is 9.04. The van der Waals surface area contributed by atoms with Gasteiger partial charge in [-0.05, 0) is 61.2 Å². The molecule has 2 saturated heterocycles. The summed E-state index contributed by atoms with van der Waals surface area (Å²) in [5.74, 6) is 0.856. The number of aliphatic hydroxyl groups is 4. The van der Waals surface area contributed by atoms with Crippen molar-refractivity contribution in [1.82, 2.24) is 4.90 Å². The number of nitrogens with zero attached hydrogens (tertiary/aromatic N) is 1. The second kappa shape index (κ2) is 10.7. The van der Waals surface area contributed by atoms with Crippen molar-refractivity contribution >= 4 is 11.6 Å². The average Bonchev–Trinajstić information content (AvgIpc) is 2.82. The van der Waals surface area contributed by atoms with Gasteiger partial charge in [0.25, 0.3) is 0 Å². The van der Waals surface area contributed by atoms with Crippen LogP contribution in [-0.2, 0) is 11.2 Å². The maximum atomic E-state index is 10.4. The summed E-state index contributed by atoms with van der Waals surface area (Å²) < 4.78 is 11.8. The average molecular weight is 478 g/mol. The molecule has 4 N–H and O–H groups in total. The molecule has 0 bridgehead atoms. The van der Waals surface area contributed by atoms with Crippen LogP contribution in [0.1, 0.15) is 35.6 Å². The lowest BCUT2D eigenvalue weighted by Gasteiger charge is -2.40. The number of halogens is 1. The van der Waals surface area contributed by atoms with Gasteiger partial charge in [0.2, 0.25) is 0 Å². The fourth-order valence-electron chi connectivity index (χ4n) is 4.49. The fourth-order valence-corrected chi connectivity index (χ4v) is 4.67. The molecule has 0 amide bonds. The van der Waals surface area contributed by atoms with Crippen LogP contribution in [0.15, 0.2) is 42.5 Å². The SMILES string of the molecule is CN1CCC(Oc2ccc(Cc3cc([C@@H]4O[C@H](CO)[C@@H](O)[C@H](O)[C@H]4O)ccc3Cl)cc2)CC1. The van der Waals surface area contributed by atoms with Crippen molar-refractivity contribution in [3.05, 3.63) is 64.2 Å². The largest absolute Gasteiger partial charge is 0.490 e. The fraction of sp³-hybridized carbons (Fsp3) is 0.520. The summed E-state index contributed by atoms with van der Waals surface area (Å²) in [5, 5.41) is 40.6. The monoisotopic (exact) mass is 477 g/mol. The van der Waals surface area contributed by atoms with Crippen molar-refractivity contribution < 1.29 is 29.9 Å². The lowest BCUT2D eigenvalue weighted by molar-refractivity contribution is -0.231. The van der Waals surface area contributed by atoms with Crippen LogP contribution in [0.5, 0.6) is 5.75 Å². The molecule has 7 nitrogen and oxygen atoms in total. The Morgan fingerprint density at radius 1 is 1.00 bits per heavy atom. The van der Waals surface area contributed by atoms with Crippen LogP contribution in [0.3, 0.4) is 0 Å². The van der Waals surface area contributed by atoms with Gasteiger partial charge in [0.05, 0.1) is 6.61 Å². The lowest BCUT2D eigenvalue weighted by atomic mass is 9.90. The molecular formula is C25H32ClNO6. The molecule has 2 aromatic carbocycles. The van der Waals surface area contributed by atoms with Crippen molar-refractivity contribution in [1.29, 1.82) is 0 Å². The minimum atomic E-state index is -1.42. The number of hydrogen-bond acceptors (Lipinski definition) is 7. The van der Waals surface area contributed by atoms with E-state index < -0.39 is 37.1 Å². The molecule has 0 spiro atoms. The minimum absolute atomic E-state index is 0.247. The van der Waals surface area contributed by atoms with Gasteiger partial charge < -0.3 is 34.8 Å². The summed E-state index contributed by atoms with van der Waals surface area (Å²) in [4.78, 5) is 2.31. The van der Waals surface area contributed by atoms with E-state index in [0.29, 0.717) is 17.0 Å². The number of likely N-dealkylation sites (tertiary alicyclic amines) is 1. The standard InChI is InChI=1S/C25H32ClNO6/c1-27-10-8-19(9-11-27)32-18-5-2-15(3-6-18)12-17-13-16(4-7-20(17)26)25-24(31)23(30)22(29)21(14-28)33-25/h2-7,13,19,21-25,28-31H,8-12,14H2,1H3/t21-,22-,23+,24-,25+/m1/s1. The van der Waals surface area contributed by atoms with E-state index in [1.807, 2.05) is 30.3 Å². The molecule has 0 unspecified atom stereocenters. The number of hydrogen-bond donors (Lipinski definition) is 4. The van der Waals surface area contributed by atoms with Gasteiger partial charge >= 0.3 is 0 Å². The number of rotatable bonds is 6. The maximum absolute atomic E-state index is 10.4. The van der Waals surface area contributed by atoms with E-state index >= 15 is 0 Å². The zero-order chi connectivity index (χ0) is 23.5. The molecule has 0 radical (unpaired) electrons. The summed E-state index contributed by atoms with van der Waals surface area (Å²) in [5.41, 5.74) is 2.52. The molecular weight excluding hydrogens is 446 g/mol. The van der Waals surface area contributed by atoms with E-state index in [1.165, 1.54) is 0 Å². The molecule has 0 saturated carbocycles. The van der Waals surface area contributed by atoms with Gasteiger partial charge in [-0.2, -0.15) is 0 Å². The predicted molar refractivity (Wildman–Crippen MR) is 125 cm³/mol. The molecule has 4 rings (SSSR count). The molecule has 2 aliphatic heterocycles. The quantitative estimate of drug-likeness (QED) is 0.504. The molecule has 180 valence electrons. The Hall–Kier alpha value is -1.71. The third-order valence-corrected chi connectivity index (χ3v) is 6.95. The van der Waals surface area contributed by atoms with E-state index in [9.17, 15) is 20.4 Å². The van der Waals surface area contributed by atoms with Gasteiger partial charge in [-0.3, -0.25) is 0 Å². The van der Waals surface area contributed by atoms with Crippen LogP contribution < -0.4 is 4.74 Å². The first-order chi connectivity index (χ1) is 15.9. The zero-order valence-electron chi connectivity index (χ0n) is 18.7. The Morgan fingerprint density at radius 2 is 1.70 bits per heavy atom. The second-order valence-corrected chi connectivity index (χ2v) is 9.45. The molecule has 5 atom stereocenters. The normalized spacial score (nSPS) is 29.2. The van der Waals surface area contributed by atoms with Gasteiger partial charge in [-0.25, -0.2) is 0 Å². The third-order valence-electron chi connectivity index (χ3n) is 6.58. The Balaban J connectivity index is 1.45. The Kier molecular flexibility index (Phi) is 7.91. The topological polar surface area (TPSA) is 103 Å². The van der Waals surface area contributed by atoms with E-state index in [0.717, 1.165) is 42.8 Å². The van der Waals surface area contributed by atoms with Crippen LogP contribution in [0, 0.1) is 0 Å². The van der Waals surface area contributed by atoms with Crippen molar-refractivity contribution in [3.8, 4) is 5.75 Å². The summed E-state index contributed by atoms with van der Waals surface area (Å²) in [6.45, 7) is 1.63. The van der Waals surface area contributed by atoms with Crippen molar-refractivity contribution in [2.45, 2.75) is 55.9 Å². The number of aliphatic hydroxyl groups excluding tert-OH is 4. The first kappa shape index (κ1) is 24.4. The number of piperidine rings is 1. The molecule has 2 heterocycles. The van der Waals surface area contributed by atoms with Crippen LogP contribution >= 0.6 is 11.6 Å². The first-order valence-corrected chi connectivity index (χ1v) is 11.8. The summed E-state index contributed by atoms with van der Waals surface area (Å²) in [6, 6.07) is 13.3. The Labute approximate surface area is 199 Å². The van der Waals surface area contributed by atoms with Crippen molar-refractivity contribution in [2.75, 3.05) is 26.7 Å². The molecule has 2 fully saturated rings. The highest BCUT2D eigenvalue weighted by Gasteiger charge is 2.44. The lowest BCUT2D eigenvalue weighted by Crippen LogP contribution is -2.55. The van der Waals surface area contributed by atoms with Crippen LogP contribution in [0.4, 0.5) is 0 Å². The summed E-state index contributed by atoms with van der Waals surface area (Å²) in [7, 11) is 2.13. The predicted octanol–water partition coefficient (Wildman–Crippen LogP) is 1.92. The number of benzene rings is 2. The van der Waals surface area contributed by atoms with Gasteiger partial charge in [0.1, 0.15) is 42.4 Å². The van der Waals surface area contributed by atoms with E-state index in [2.05, 4.69) is 11.9 Å². The highest BCUT2D eigenvalue weighted by molar-refractivity contribution is 6.31. The van der Waals surface area contributed by atoms with Gasteiger partial charge in [-0.15, -0.1) is 0 Å². The van der Waals surface area contributed by atoms with Crippen LogP contribution in [-0.4, -0.2) is 82.6 Å². The van der Waals surface area contributed by atoms with Crippen molar-refractivity contribution in [2.24, 2.45) is 0 Å². The molecule has 0 aliphatic carbocycles. The Bertz CT molecular complexity index is 916. The van der Waals surface area contributed by atoms with Crippen molar-refractivity contribution in [3.63, 3.8) is 0 Å². The van der Waals surface area contributed by atoms with E-state index in [1.54, 1.807) is 12.1 Å². The number of ether oxygens (including phenoxy) is 2. The maximum Gasteiger partial charge on any atom is 0.119 e. The summed E-state index contributed by atoms with van der Waals surface area (Å²) >= 11 is 6.44. The molecule has 2 aromatic rings. The third kappa shape index (κ3) is 5.69. The minimum Gasteiger partial charge on any atom is -0.490 e.